The van der Waals surface area contributed by atoms with Crippen LogP contribution in [0.4, 0.5) is 0 Å². The number of nitrogens with zero attached hydrogens (tertiary/aromatic N) is 4. The zero-order valence-electron chi connectivity index (χ0n) is 9.99. The molecular formula is C11H12N4O2S. The standard InChI is InChI=1S/C11H12N4O2S/c1-7-3-8(2)5-9(4-7)15-11(12-13-14-15)18-6-10(16)17/h3-5H,6H2,1-2H3,(H,16,17). The molecule has 0 spiro atoms. The lowest BCUT2D eigenvalue weighted by atomic mass is 10.1. The number of aromatic nitrogens is 4. The van der Waals surface area contributed by atoms with Gasteiger partial charge >= 0.3 is 5.97 Å². The Morgan fingerprint density at radius 2 is 2.00 bits per heavy atom. The predicted octanol–water partition coefficient (Wildman–Crippen LogP) is 1.46. The minimum Gasteiger partial charge on any atom is -0.481 e. The fourth-order valence-electron chi connectivity index (χ4n) is 1.63. The van der Waals surface area contributed by atoms with Crippen molar-refractivity contribution in [1.29, 1.82) is 0 Å². The fraction of sp³-hybridized carbons (Fsp3) is 0.273. The van der Waals surface area contributed by atoms with Crippen LogP contribution in [0.15, 0.2) is 23.4 Å². The molecule has 0 bridgehead atoms. The lowest BCUT2D eigenvalue weighted by molar-refractivity contribution is -0.133. The molecule has 0 saturated heterocycles. The van der Waals surface area contributed by atoms with Gasteiger partial charge in [0.15, 0.2) is 0 Å². The number of thioether (sulfide) groups is 1. The van der Waals surface area contributed by atoms with E-state index in [0.717, 1.165) is 28.6 Å². The van der Waals surface area contributed by atoms with Gasteiger partial charge in [0, 0.05) is 0 Å². The Bertz CT molecular complexity index is 562. The van der Waals surface area contributed by atoms with Crippen LogP contribution in [0.3, 0.4) is 0 Å². The summed E-state index contributed by atoms with van der Waals surface area (Å²) in [6.45, 7) is 3.98. The highest BCUT2D eigenvalue weighted by molar-refractivity contribution is 7.99. The van der Waals surface area contributed by atoms with E-state index in [-0.39, 0.29) is 5.75 Å². The van der Waals surface area contributed by atoms with Gasteiger partial charge in [0.2, 0.25) is 5.16 Å². The molecule has 1 heterocycles. The Labute approximate surface area is 108 Å². The van der Waals surface area contributed by atoms with Crippen LogP contribution in [0, 0.1) is 13.8 Å². The highest BCUT2D eigenvalue weighted by Crippen LogP contribution is 2.19. The van der Waals surface area contributed by atoms with Crippen LogP contribution >= 0.6 is 11.8 Å². The summed E-state index contributed by atoms with van der Waals surface area (Å²) < 4.78 is 1.55. The largest absolute Gasteiger partial charge is 0.481 e. The minimum absolute atomic E-state index is 0.0643. The van der Waals surface area contributed by atoms with Crippen molar-refractivity contribution in [3.8, 4) is 5.69 Å². The van der Waals surface area contributed by atoms with Crippen molar-refractivity contribution in [1.82, 2.24) is 20.2 Å². The number of aliphatic carboxylic acids is 1. The van der Waals surface area contributed by atoms with Crippen LogP contribution < -0.4 is 0 Å². The molecule has 1 aromatic heterocycles. The molecule has 6 nitrogen and oxygen atoms in total. The Kier molecular flexibility index (Phi) is 3.61. The molecule has 18 heavy (non-hydrogen) atoms. The summed E-state index contributed by atoms with van der Waals surface area (Å²) in [5.41, 5.74) is 3.05. The average Bonchev–Trinajstić information content (AvgIpc) is 2.72. The van der Waals surface area contributed by atoms with Crippen LogP contribution in [0.5, 0.6) is 0 Å². The molecule has 2 rings (SSSR count). The summed E-state index contributed by atoms with van der Waals surface area (Å²) in [5, 5.41) is 20.4. The van der Waals surface area contributed by atoms with Crippen molar-refractivity contribution in [2.24, 2.45) is 0 Å². The van der Waals surface area contributed by atoms with Gasteiger partial charge in [-0.3, -0.25) is 4.79 Å². The van der Waals surface area contributed by atoms with Gasteiger partial charge in [0.25, 0.3) is 0 Å². The molecule has 0 aliphatic rings. The van der Waals surface area contributed by atoms with E-state index in [4.69, 9.17) is 5.11 Å². The number of benzene rings is 1. The topological polar surface area (TPSA) is 80.9 Å². The summed E-state index contributed by atoms with van der Waals surface area (Å²) in [6, 6.07) is 5.96. The van der Waals surface area contributed by atoms with E-state index in [1.54, 1.807) is 4.68 Å². The van der Waals surface area contributed by atoms with Gasteiger partial charge in [0.1, 0.15) is 0 Å². The number of hydrogen-bond donors (Lipinski definition) is 1. The van der Waals surface area contributed by atoms with Gasteiger partial charge in [-0.1, -0.05) is 17.8 Å². The Morgan fingerprint density at radius 1 is 1.33 bits per heavy atom. The maximum atomic E-state index is 10.6. The quantitative estimate of drug-likeness (QED) is 0.842. The molecule has 1 N–H and O–H groups in total. The highest BCUT2D eigenvalue weighted by atomic mass is 32.2. The van der Waals surface area contributed by atoms with Crippen LogP contribution in [-0.4, -0.2) is 37.0 Å². The average molecular weight is 264 g/mol. The number of tetrazole rings is 1. The Balaban J connectivity index is 2.33. The first kappa shape index (κ1) is 12.6. The summed E-state index contributed by atoms with van der Waals surface area (Å²) in [7, 11) is 0. The summed E-state index contributed by atoms with van der Waals surface area (Å²) in [5.74, 6) is -0.958. The van der Waals surface area contributed by atoms with Gasteiger partial charge in [-0.05, 0) is 47.5 Å². The molecule has 94 valence electrons. The minimum atomic E-state index is -0.894. The predicted molar refractivity (Wildman–Crippen MR) is 67.0 cm³/mol. The smallest absolute Gasteiger partial charge is 0.313 e. The summed E-state index contributed by atoms with van der Waals surface area (Å²) in [6.07, 6.45) is 0. The first-order valence-electron chi connectivity index (χ1n) is 5.28. The van der Waals surface area contributed by atoms with E-state index in [2.05, 4.69) is 21.6 Å². The molecule has 0 aliphatic heterocycles. The molecule has 0 amide bonds. The fourth-order valence-corrected chi connectivity index (χ4v) is 2.24. The van der Waals surface area contributed by atoms with Crippen molar-refractivity contribution in [3.63, 3.8) is 0 Å². The van der Waals surface area contributed by atoms with E-state index in [1.807, 2.05) is 26.0 Å². The number of rotatable bonds is 4. The molecule has 0 saturated carbocycles. The molecule has 0 aliphatic carbocycles. The first-order chi connectivity index (χ1) is 8.56. The molecule has 2 aromatic rings. The van der Waals surface area contributed by atoms with Gasteiger partial charge in [0.05, 0.1) is 11.4 Å². The van der Waals surface area contributed by atoms with E-state index < -0.39 is 5.97 Å². The van der Waals surface area contributed by atoms with Gasteiger partial charge < -0.3 is 5.11 Å². The van der Waals surface area contributed by atoms with E-state index >= 15 is 0 Å². The maximum absolute atomic E-state index is 10.6. The second-order valence-corrected chi connectivity index (χ2v) is 4.84. The number of carboxylic acids is 1. The van der Waals surface area contributed by atoms with Crippen molar-refractivity contribution in [3.05, 3.63) is 29.3 Å². The number of aryl methyl sites for hydroxylation is 2. The zero-order valence-corrected chi connectivity index (χ0v) is 10.8. The third-order valence-electron chi connectivity index (χ3n) is 2.22. The van der Waals surface area contributed by atoms with Crippen LogP contribution in [0.2, 0.25) is 0 Å². The number of hydrogen-bond acceptors (Lipinski definition) is 5. The Hall–Kier alpha value is -1.89. The van der Waals surface area contributed by atoms with Gasteiger partial charge in [-0.15, -0.1) is 5.10 Å². The Morgan fingerprint density at radius 3 is 2.61 bits per heavy atom. The third kappa shape index (κ3) is 2.86. The molecule has 0 unspecified atom stereocenters. The van der Waals surface area contributed by atoms with Crippen LogP contribution in [0.25, 0.3) is 5.69 Å². The normalized spacial score (nSPS) is 10.6. The molecule has 0 atom stereocenters. The first-order valence-corrected chi connectivity index (χ1v) is 6.26. The third-order valence-corrected chi connectivity index (χ3v) is 3.12. The summed E-state index contributed by atoms with van der Waals surface area (Å²) in [4.78, 5) is 10.6. The molecule has 1 aromatic carbocycles. The molecule has 7 heteroatoms. The van der Waals surface area contributed by atoms with Crippen molar-refractivity contribution in [2.75, 3.05) is 5.75 Å². The molecular weight excluding hydrogens is 252 g/mol. The van der Waals surface area contributed by atoms with Crippen LogP contribution in [-0.2, 0) is 4.79 Å². The van der Waals surface area contributed by atoms with Gasteiger partial charge in [-0.25, -0.2) is 0 Å². The number of carboxylic acid groups (broad SMARTS) is 1. The van der Waals surface area contributed by atoms with E-state index in [1.165, 1.54) is 0 Å². The zero-order chi connectivity index (χ0) is 13.1. The summed E-state index contributed by atoms with van der Waals surface area (Å²) >= 11 is 1.10. The van der Waals surface area contributed by atoms with Crippen molar-refractivity contribution >= 4 is 17.7 Å². The van der Waals surface area contributed by atoms with Gasteiger partial charge in [-0.2, -0.15) is 4.68 Å². The second-order valence-electron chi connectivity index (χ2n) is 3.90. The van der Waals surface area contributed by atoms with E-state index in [0.29, 0.717) is 5.16 Å². The van der Waals surface area contributed by atoms with Crippen molar-refractivity contribution < 1.29 is 9.90 Å². The molecule has 0 fully saturated rings. The SMILES string of the molecule is Cc1cc(C)cc(-n2nnnc2SCC(=O)O)c1. The van der Waals surface area contributed by atoms with Crippen LogP contribution in [0.1, 0.15) is 11.1 Å². The maximum Gasteiger partial charge on any atom is 0.313 e. The lowest BCUT2D eigenvalue weighted by Gasteiger charge is -2.05. The van der Waals surface area contributed by atoms with Crippen molar-refractivity contribution in [2.45, 2.75) is 19.0 Å². The lowest BCUT2D eigenvalue weighted by Crippen LogP contribution is -2.03. The second kappa shape index (κ2) is 5.18. The number of carbonyl (C=O) groups is 1. The van der Waals surface area contributed by atoms with E-state index in [9.17, 15) is 4.79 Å². The molecule has 0 radical (unpaired) electrons. The monoisotopic (exact) mass is 264 g/mol. The highest BCUT2D eigenvalue weighted by Gasteiger charge is 2.11.